The topological polar surface area (TPSA) is 23.2 Å². The molecule has 13 heavy (non-hydrogen) atoms. The molecule has 4 atom stereocenters. The first-order valence-corrected chi connectivity index (χ1v) is 5.36. The molecule has 2 heteroatoms. The number of hydrogen-bond acceptors (Lipinski definition) is 2. The van der Waals surface area contributed by atoms with Gasteiger partial charge in [0.2, 0.25) is 0 Å². The van der Waals surface area contributed by atoms with E-state index in [4.69, 9.17) is 0 Å². The van der Waals surface area contributed by atoms with Gasteiger partial charge in [-0.15, -0.1) is 0 Å². The van der Waals surface area contributed by atoms with Crippen molar-refractivity contribution in [1.82, 2.24) is 4.90 Å². The van der Waals surface area contributed by atoms with Crippen molar-refractivity contribution in [2.45, 2.75) is 71.2 Å². The minimum absolute atomic E-state index is 0.126. The fourth-order valence-corrected chi connectivity index (χ4v) is 2.40. The van der Waals surface area contributed by atoms with Gasteiger partial charge in [0.25, 0.3) is 0 Å². The highest BCUT2D eigenvalue weighted by atomic mass is 16.3. The number of hydrogen-bond donors (Lipinski definition) is 1. The first-order valence-electron chi connectivity index (χ1n) is 5.36. The molecule has 0 aliphatic carbocycles. The summed E-state index contributed by atoms with van der Waals surface area (Å²) in [5, 5.41) is 9.85. The monoisotopic (exact) mass is 185 g/mol. The van der Waals surface area contributed by atoms with Gasteiger partial charge in [-0.05, 0) is 34.1 Å². The molecular weight excluding hydrogens is 162 g/mol. The molecule has 2 nitrogen and oxygen atoms in total. The molecule has 0 aromatic carbocycles. The van der Waals surface area contributed by atoms with Crippen LogP contribution in [0.15, 0.2) is 0 Å². The van der Waals surface area contributed by atoms with Gasteiger partial charge in [-0.1, -0.05) is 13.3 Å². The van der Waals surface area contributed by atoms with Gasteiger partial charge in [-0.3, -0.25) is 4.90 Å². The van der Waals surface area contributed by atoms with Crippen LogP contribution in [0.5, 0.6) is 0 Å². The first kappa shape index (κ1) is 11.0. The highest BCUT2D eigenvalue weighted by Gasteiger charge is 2.52. The van der Waals surface area contributed by atoms with E-state index in [2.05, 4.69) is 39.5 Å². The molecule has 1 rings (SSSR count). The summed E-state index contributed by atoms with van der Waals surface area (Å²) in [5.41, 5.74) is 0.207. The van der Waals surface area contributed by atoms with E-state index in [-0.39, 0.29) is 11.6 Å². The van der Waals surface area contributed by atoms with E-state index in [1.807, 2.05) is 0 Å². The van der Waals surface area contributed by atoms with Crippen LogP contribution < -0.4 is 0 Å². The summed E-state index contributed by atoms with van der Waals surface area (Å²) in [6, 6.07) is 0.960. The Balaban J connectivity index is 2.48. The lowest BCUT2D eigenvalue weighted by atomic mass is 10.1. The van der Waals surface area contributed by atoms with Gasteiger partial charge in [-0.25, -0.2) is 0 Å². The lowest BCUT2D eigenvalue weighted by molar-refractivity contribution is 0.127. The number of aliphatic hydroxyl groups excluding tert-OH is 1. The molecule has 1 N–H and O–H groups in total. The Morgan fingerprint density at radius 1 is 1.38 bits per heavy atom. The van der Waals surface area contributed by atoms with Crippen molar-refractivity contribution in [3.8, 4) is 0 Å². The van der Waals surface area contributed by atoms with Crippen LogP contribution in [-0.2, 0) is 0 Å². The van der Waals surface area contributed by atoms with Gasteiger partial charge in [0.1, 0.15) is 0 Å². The molecule has 0 bridgehead atoms. The quantitative estimate of drug-likeness (QED) is 0.680. The Labute approximate surface area is 81.9 Å². The predicted molar refractivity (Wildman–Crippen MR) is 55.8 cm³/mol. The van der Waals surface area contributed by atoms with Crippen molar-refractivity contribution >= 4 is 0 Å². The van der Waals surface area contributed by atoms with Crippen LogP contribution in [0.1, 0.15) is 47.5 Å². The van der Waals surface area contributed by atoms with Crippen molar-refractivity contribution < 1.29 is 5.11 Å². The molecule has 0 radical (unpaired) electrons. The zero-order valence-electron chi connectivity index (χ0n) is 9.54. The van der Waals surface area contributed by atoms with E-state index >= 15 is 0 Å². The Hall–Kier alpha value is -0.0800. The van der Waals surface area contributed by atoms with Crippen LogP contribution in [-0.4, -0.2) is 33.7 Å². The Morgan fingerprint density at radius 2 is 1.92 bits per heavy atom. The summed E-state index contributed by atoms with van der Waals surface area (Å²) in [5.74, 6) is 0. The van der Waals surface area contributed by atoms with E-state index in [0.29, 0.717) is 12.1 Å². The molecule has 0 aromatic rings. The third-order valence-electron chi connectivity index (χ3n) is 2.92. The summed E-state index contributed by atoms with van der Waals surface area (Å²) in [4.78, 5) is 2.40. The van der Waals surface area contributed by atoms with Gasteiger partial charge >= 0.3 is 0 Å². The fraction of sp³-hybridized carbons (Fsp3) is 1.00. The molecule has 0 amide bonds. The molecule has 1 aliphatic rings. The largest absolute Gasteiger partial charge is 0.391 e. The normalized spacial score (nSPS) is 36.0. The van der Waals surface area contributed by atoms with E-state index in [1.54, 1.807) is 0 Å². The molecule has 78 valence electrons. The standard InChI is InChI=1S/C11H23NO/c1-6-7-9(13)10-8(2)12(10)11(3,4)5/h8-10,13H,6-7H2,1-5H3/t8-,9+,10-,12?/m0/s1. The van der Waals surface area contributed by atoms with Crippen molar-refractivity contribution in [3.05, 3.63) is 0 Å². The molecular formula is C11H23NO. The molecule has 1 heterocycles. The van der Waals surface area contributed by atoms with Crippen LogP contribution >= 0.6 is 0 Å². The van der Waals surface area contributed by atoms with E-state index in [9.17, 15) is 5.11 Å². The average molecular weight is 185 g/mol. The van der Waals surface area contributed by atoms with Crippen LogP contribution in [0.4, 0.5) is 0 Å². The van der Waals surface area contributed by atoms with Crippen molar-refractivity contribution in [1.29, 1.82) is 0 Å². The van der Waals surface area contributed by atoms with Gasteiger partial charge < -0.3 is 5.11 Å². The van der Waals surface area contributed by atoms with Crippen molar-refractivity contribution in [3.63, 3.8) is 0 Å². The van der Waals surface area contributed by atoms with Crippen molar-refractivity contribution in [2.24, 2.45) is 0 Å². The molecule has 0 spiro atoms. The van der Waals surface area contributed by atoms with E-state index < -0.39 is 0 Å². The molecule has 1 saturated heterocycles. The summed E-state index contributed by atoms with van der Waals surface area (Å²) >= 11 is 0. The maximum atomic E-state index is 9.85. The summed E-state index contributed by atoms with van der Waals surface area (Å²) < 4.78 is 0. The highest BCUT2D eigenvalue weighted by Crippen LogP contribution is 2.39. The zero-order chi connectivity index (χ0) is 10.2. The minimum Gasteiger partial charge on any atom is -0.391 e. The Kier molecular flexibility index (Phi) is 3.03. The van der Waals surface area contributed by atoms with Crippen LogP contribution in [0.3, 0.4) is 0 Å². The molecule has 1 aliphatic heterocycles. The number of rotatable bonds is 3. The lowest BCUT2D eigenvalue weighted by Crippen LogP contribution is -2.31. The van der Waals surface area contributed by atoms with Gasteiger partial charge in [0, 0.05) is 11.6 Å². The maximum absolute atomic E-state index is 9.85. The highest BCUT2D eigenvalue weighted by molar-refractivity contribution is 5.08. The minimum atomic E-state index is -0.126. The van der Waals surface area contributed by atoms with Gasteiger partial charge in [0.05, 0.1) is 12.1 Å². The zero-order valence-corrected chi connectivity index (χ0v) is 9.54. The first-order chi connectivity index (χ1) is 5.89. The lowest BCUT2D eigenvalue weighted by Gasteiger charge is -2.23. The second kappa shape index (κ2) is 3.58. The third-order valence-corrected chi connectivity index (χ3v) is 2.92. The van der Waals surface area contributed by atoms with Crippen LogP contribution in [0.2, 0.25) is 0 Å². The molecule has 1 unspecified atom stereocenters. The second-order valence-corrected chi connectivity index (χ2v) is 5.17. The predicted octanol–water partition coefficient (Wildman–Crippen LogP) is 2.02. The van der Waals surface area contributed by atoms with Crippen molar-refractivity contribution in [2.75, 3.05) is 0 Å². The summed E-state index contributed by atoms with van der Waals surface area (Å²) in [7, 11) is 0. The third kappa shape index (κ3) is 2.23. The smallest absolute Gasteiger partial charge is 0.0710 e. The number of aliphatic hydroxyl groups is 1. The second-order valence-electron chi connectivity index (χ2n) is 5.17. The average Bonchev–Trinajstić information content (AvgIpc) is 2.60. The van der Waals surface area contributed by atoms with Gasteiger partial charge in [-0.2, -0.15) is 0 Å². The Morgan fingerprint density at radius 3 is 2.23 bits per heavy atom. The van der Waals surface area contributed by atoms with Crippen LogP contribution in [0.25, 0.3) is 0 Å². The van der Waals surface area contributed by atoms with E-state index in [1.165, 1.54) is 0 Å². The van der Waals surface area contributed by atoms with Gasteiger partial charge in [0.15, 0.2) is 0 Å². The molecule has 0 aromatic heterocycles. The van der Waals surface area contributed by atoms with E-state index in [0.717, 1.165) is 12.8 Å². The fourth-order valence-electron chi connectivity index (χ4n) is 2.40. The Bertz CT molecular complexity index is 173. The maximum Gasteiger partial charge on any atom is 0.0710 e. The molecule has 1 fully saturated rings. The summed E-state index contributed by atoms with van der Waals surface area (Å²) in [6.45, 7) is 11.0. The SMILES string of the molecule is CCC[C@@H](O)[C@@H]1[C@H](C)N1C(C)(C)C. The van der Waals surface area contributed by atoms with Crippen LogP contribution in [0, 0.1) is 0 Å². The molecule has 0 saturated carbocycles. The number of nitrogens with zero attached hydrogens (tertiary/aromatic N) is 1. The summed E-state index contributed by atoms with van der Waals surface area (Å²) in [6.07, 6.45) is 1.88.